The molecule has 0 radical (unpaired) electrons. The van der Waals surface area contributed by atoms with Crippen LogP contribution in [0.4, 0.5) is 0 Å². The zero-order chi connectivity index (χ0) is 12.7. The summed E-state index contributed by atoms with van der Waals surface area (Å²) in [5, 5.41) is 2.90. The van der Waals surface area contributed by atoms with Gasteiger partial charge >= 0.3 is 0 Å². The first-order valence-electron chi connectivity index (χ1n) is 6.68. The lowest BCUT2D eigenvalue weighted by atomic mass is 9.81. The fraction of sp³-hybridized carbons (Fsp3) is 0.923. The summed E-state index contributed by atoms with van der Waals surface area (Å²) in [5.74, 6) is 1.58. The van der Waals surface area contributed by atoms with E-state index in [9.17, 15) is 4.79 Å². The molecular weight excluding hydrogens is 216 g/mol. The molecule has 4 nitrogen and oxygen atoms in total. The van der Waals surface area contributed by atoms with Gasteiger partial charge in [-0.25, -0.2) is 0 Å². The molecule has 0 saturated heterocycles. The largest absolute Gasteiger partial charge is 0.370 e. The number of ether oxygens (including phenoxy) is 1. The minimum Gasteiger partial charge on any atom is -0.370 e. The number of rotatable bonds is 6. The van der Waals surface area contributed by atoms with Crippen LogP contribution in [0.3, 0.4) is 0 Å². The van der Waals surface area contributed by atoms with Crippen molar-refractivity contribution in [3.8, 4) is 0 Å². The normalized spacial score (nSPS) is 26.5. The second kappa shape index (κ2) is 7.67. The summed E-state index contributed by atoms with van der Waals surface area (Å²) in [6.45, 7) is 3.31. The molecule has 100 valence electrons. The van der Waals surface area contributed by atoms with E-state index >= 15 is 0 Å². The molecule has 1 aliphatic rings. The molecule has 1 unspecified atom stereocenters. The number of carbonyl (C=O) groups is 1. The lowest BCUT2D eigenvalue weighted by Gasteiger charge is -2.26. The Bertz CT molecular complexity index is 221. The van der Waals surface area contributed by atoms with Crippen LogP contribution in [0, 0.1) is 11.8 Å². The third-order valence-corrected chi connectivity index (χ3v) is 3.78. The molecule has 17 heavy (non-hydrogen) atoms. The van der Waals surface area contributed by atoms with Crippen molar-refractivity contribution in [1.29, 1.82) is 0 Å². The summed E-state index contributed by atoms with van der Waals surface area (Å²) in [4.78, 5) is 11.6. The lowest BCUT2D eigenvalue weighted by molar-refractivity contribution is -0.130. The molecule has 0 heterocycles. The van der Waals surface area contributed by atoms with Crippen molar-refractivity contribution < 1.29 is 9.53 Å². The fourth-order valence-corrected chi connectivity index (χ4v) is 2.44. The van der Waals surface area contributed by atoms with Crippen LogP contribution in [0.5, 0.6) is 0 Å². The maximum absolute atomic E-state index is 11.6. The molecule has 0 aromatic carbocycles. The molecule has 1 rings (SSSR count). The van der Waals surface area contributed by atoms with Gasteiger partial charge in [0.25, 0.3) is 0 Å². The molecule has 4 heteroatoms. The third-order valence-electron chi connectivity index (χ3n) is 3.78. The van der Waals surface area contributed by atoms with E-state index in [1.54, 1.807) is 0 Å². The van der Waals surface area contributed by atoms with E-state index in [2.05, 4.69) is 12.2 Å². The van der Waals surface area contributed by atoms with Crippen LogP contribution < -0.4 is 11.1 Å². The van der Waals surface area contributed by atoms with Crippen LogP contribution in [0.25, 0.3) is 0 Å². The number of hydrogen-bond acceptors (Lipinski definition) is 3. The Balaban J connectivity index is 2.13. The number of amides is 1. The second-order valence-electron chi connectivity index (χ2n) is 5.17. The van der Waals surface area contributed by atoms with E-state index in [4.69, 9.17) is 10.5 Å². The van der Waals surface area contributed by atoms with Crippen molar-refractivity contribution in [2.75, 3.05) is 20.2 Å². The average Bonchev–Trinajstić information content (AvgIpc) is 2.33. The van der Waals surface area contributed by atoms with E-state index in [0.717, 1.165) is 24.8 Å². The van der Waals surface area contributed by atoms with Crippen molar-refractivity contribution in [2.24, 2.45) is 17.6 Å². The monoisotopic (exact) mass is 242 g/mol. The Kier molecular flexibility index (Phi) is 6.52. The Morgan fingerprint density at radius 2 is 2.06 bits per heavy atom. The number of hydrogen-bond donors (Lipinski definition) is 2. The van der Waals surface area contributed by atoms with Crippen molar-refractivity contribution in [3.63, 3.8) is 0 Å². The quantitative estimate of drug-likeness (QED) is 0.737. The van der Waals surface area contributed by atoms with Gasteiger partial charge in [0.2, 0.25) is 5.91 Å². The Hall–Kier alpha value is -0.610. The summed E-state index contributed by atoms with van der Waals surface area (Å²) in [6.07, 6.45) is 5.87. The average molecular weight is 242 g/mol. The van der Waals surface area contributed by atoms with Crippen LogP contribution in [0.15, 0.2) is 0 Å². The van der Waals surface area contributed by atoms with E-state index in [0.29, 0.717) is 0 Å². The van der Waals surface area contributed by atoms with Gasteiger partial charge in [-0.05, 0) is 18.3 Å². The van der Waals surface area contributed by atoms with Gasteiger partial charge in [-0.3, -0.25) is 4.79 Å². The molecule has 0 spiro atoms. The highest BCUT2D eigenvalue weighted by molar-refractivity contribution is 5.80. The van der Waals surface area contributed by atoms with E-state index in [1.165, 1.54) is 32.8 Å². The van der Waals surface area contributed by atoms with Gasteiger partial charge in [0.05, 0.1) is 0 Å². The predicted octanol–water partition coefficient (Wildman–Crippen LogP) is 1.29. The van der Waals surface area contributed by atoms with Crippen LogP contribution in [0.2, 0.25) is 0 Å². The molecule has 3 N–H and O–H groups in total. The van der Waals surface area contributed by atoms with Crippen LogP contribution >= 0.6 is 0 Å². The molecule has 1 aliphatic carbocycles. The predicted molar refractivity (Wildman–Crippen MR) is 68.6 cm³/mol. The highest BCUT2D eigenvalue weighted by atomic mass is 16.5. The molecule has 0 aliphatic heterocycles. The van der Waals surface area contributed by atoms with Gasteiger partial charge in [-0.2, -0.15) is 0 Å². The molecule has 1 atom stereocenters. The maximum atomic E-state index is 11.6. The van der Waals surface area contributed by atoms with Crippen LogP contribution in [-0.4, -0.2) is 32.2 Å². The summed E-state index contributed by atoms with van der Waals surface area (Å²) >= 11 is 0. The first-order valence-corrected chi connectivity index (χ1v) is 6.68. The van der Waals surface area contributed by atoms with Crippen molar-refractivity contribution in [3.05, 3.63) is 0 Å². The topological polar surface area (TPSA) is 64.3 Å². The van der Waals surface area contributed by atoms with Crippen molar-refractivity contribution >= 4 is 5.91 Å². The van der Waals surface area contributed by atoms with Gasteiger partial charge in [-0.1, -0.05) is 32.6 Å². The highest BCUT2D eigenvalue weighted by Gasteiger charge is 2.19. The standard InChI is InChI=1S/C13H26N2O2/c1-10-3-5-11(6-4-10)7-8-15-13(16)12(9-14)17-2/h10-12H,3-9,14H2,1-2H3,(H,15,16). The van der Waals surface area contributed by atoms with Gasteiger partial charge < -0.3 is 15.8 Å². The zero-order valence-corrected chi connectivity index (χ0v) is 11.1. The third kappa shape index (κ3) is 5.04. The highest BCUT2D eigenvalue weighted by Crippen LogP contribution is 2.29. The smallest absolute Gasteiger partial charge is 0.250 e. The van der Waals surface area contributed by atoms with Gasteiger partial charge in [0.1, 0.15) is 6.10 Å². The molecular formula is C13H26N2O2. The maximum Gasteiger partial charge on any atom is 0.250 e. The molecule has 0 aromatic heterocycles. The van der Waals surface area contributed by atoms with Gasteiger partial charge in [0, 0.05) is 20.2 Å². The van der Waals surface area contributed by atoms with Crippen LogP contribution in [0.1, 0.15) is 39.0 Å². The van der Waals surface area contributed by atoms with Gasteiger partial charge in [0.15, 0.2) is 0 Å². The summed E-state index contributed by atoms with van der Waals surface area (Å²) in [7, 11) is 1.51. The first-order chi connectivity index (χ1) is 8.17. The van der Waals surface area contributed by atoms with E-state index in [-0.39, 0.29) is 12.5 Å². The van der Waals surface area contributed by atoms with Crippen molar-refractivity contribution in [2.45, 2.75) is 45.1 Å². The summed E-state index contributed by atoms with van der Waals surface area (Å²) < 4.78 is 4.98. The molecule has 1 amide bonds. The van der Waals surface area contributed by atoms with E-state index < -0.39 is 6.10 Å². The zero-order valence-electron chi connectivity index (χ0n) is 11.1. The minimum atomic E-state index is -0.499. The van der Waals surface area contributed by atoms with Gasteiger partial charge in [-0.15, -0.1) is 0 Å². The summed E-state index contributed by atoms with van der Waals surface area (Å²) in [6, 6.07) is 0. The number of methoxy groups -OCH3 is 1. The number of carbonyl (C=O) groups excluding carboxylic acids is 1. The molecule has 0 bridgehead atoms. The minimum absolute atomic E-state index is 0.0841. The summed E-state index contributed by atoms with van der Waals surface area (Å²) in [5.41, 5.74) is 5.43. The SMILES string of the molecule is COC(CN)C(=O)NCCC1CCC(C)CC1. The molecule has 0 aromatic rings. The Labute approximate surface area is 104 Å². The first kappa shape index (κ1) is 14.5. The lowest BCUT2D eigenvalue weighted by Crippen LogP contribution is -2.41. The molecule has 1 fully saturated rings. The van der Waals surface area contributed by atoms with E-state index in [1.807, 2.05) is 0 Å². The number of nitrogens with two attached hydrogens (primary N) is 1. The molecule has 1 saturated carbocycles. The Morgan fingerprint density at radius 1 is 1.41 bits per heavy atom. The Morgan fingerprint density at radius 3 is 2.59 bits per heavy atom. The number of nitrogens with one attached hydrogen (secondary N) is 1. The van der Waals surface area contributed by atoms with Crippen LogP contribution in [-0.2, 0) is 9.53 Å². The second-order valence-corrected chi connectivity index (χ2v) is 5.17. The van der Waals surface area contributed by atoms with Crippen molar-refractivity contribution in [1.82, 2.24) is 5.32 Å². The fourth-order valence-electron chi connectivity index (χ4n) is 2.44.